The van der Waals surface area contributed by atoms with Crippen LogP contribution in [0, 0.1) is 0 Å². The third-order valence-electron chi connectivity index (χ3n) is 1.83. The number of nitrogens with zero attached hydrogens (tertiary/aromatic N) is 2. The van der Waals surface area contributed by atoms with Gasteiger partial charge in [-0.1, -0.05) is 12.1 Å². The lowest BCUT2D eigenvalue weighted by Crippen LogP contribution is -1.99. The van der Waals surface area contributed by atoms with Crippen LogP contribution in [0.3, 0.4) is 0 Å². The fourth-order valence-electron chi connectivity index (χ4n) is 1.28. The van der Waals surface area contributed by atoms with E-state index in [0.29, 0.717) is 5.89 Å². The van der Waals surface area contributed by atoms with Gasteiger partial charge in [0.15, 0.2) is 0 Å². The minimum atomic E-state index is 0.667. The molecule has 0 spiro atoms. The lowest BCUT2D eigenvalue weighted by atomic mass is 10.2. The molecule has 2 aromatic rings. The Morgan fingerprint density at radius 2 is 2.07 bits per heavy atom. The number of rotatable bonds is 3. The van der Waals surface area contributed by atoms with Crippen LogP contribution in [0.2, 0.25) is 0 Å². The minimum Gasteiger partial charge on any atom is -0.444 e. The number of benzene rings is 1. The second kappa shape index (κ2) is 4.51. The van der Waals surface area contributed by atoms with Crippen molar-refractivity contribution in [2.75, 3.05) is 14.1 Å². The summed E-state index contributed by atoms with van der Waals surface area (Å²) in [5.74, 6) is 0.667. The SMILES string of the molecule is CN(C)Sc1ccccc1-c1ncco1. The summed E-state index contributed by atoms with van der Waals surface area (Å²) in [6.07, 6.45) is 3.25. The van der Waals surface area contributed by atoms with E-state index in [1.54, 1.807) is 24.4 Å². The van der Waals surface area contributed by atoms with Gasteiger partial charge in [-0.05, 0) is 38.2 Å². The second-order valence-electron chi connectivity index (χ2n) is 3.24. The first kappa shape index (κ1) is 10.3. The molecule has 0 saturated carbocycles. The van der Waals surface area contributed by atoms with Crippen molar-refractivity contribution in [3.8, 4) is 11.5 Å². The van der Waals surface area contributed by atoms with E-state index in [4.69, 9.17) is 4.42 Å². The highest BCUT2D eigenvalue weighted by molar-refractivity contribution is 7.97. The molecule has 1 aromatic heterocycles. The van der Waals surface area contributed by atoms with E-state index in [1.807, 2.05) is 36.6 Å². The van der Waals surface area contributed by atoms with E-state index >= 15 is 0 Å². The molecule has 0 radical (unpaired) electrons. The van der Waals surface area contributed by atoms with Crippen molar-refractivity contribution >= 4 is 11.9 Å². The maximum atomic E-state index is 5.30. The maximum absolute atomic E-state index is 5.30. The number of oxazole rings is 1. The molecule has 2 rings (SSSR count). The lowest BCUT2D eigenvalue weighted by molar-refractivity contribution is 0.573. The van der Waals surface area contributed by atoms with Crippen LogP contribution in [0.15, 0.2) is 46.0 Å². The molecule has 0 aliphatic rings. The molecule has 0 saturated heterocycles. The van der Waals surface area contributed by atoms with E-state index in [0.717, 1.165) is 10.5 Å². The molecule has 1 heterocycles. The van der Waals surface area contributed by atoms with Crippen molar-refractivity contribution < 1.29 is 4.42 Å². The average molecular weight is 220 g/mol. The zero-order valence-corrected chi connectivity index (χ0v) is 9.49. The third-order valence-corrected chi connectivity index (χ3v) is 2.75. The van der Waals surface area contributed by atoms with Gasteiger partial charge in [-0.15, -0.1) is 0 Å². The van der Waals surface area contributed by atoms with Gasteiger partial charge in [0, 0.05) is 4.90 Å². The first-order valence-electron chi connectivity index (χ1n) is 4.61. The number of hydrogen-bond acceptors (Lipinski definition) is 4. The van der Waals surface area contributed by atoms with E-state index in [1.165, 1.54) is 0 Å². The number of hydrogen-bond donors (Lipinski definition) is 0. The van der Waals surface area contributed by atoms with E-state index < -0.39 is 0 Å². The van der Waals surface area contributed by atoms with Crippen LogP contribution < -0.4 is 0 Å². The van der Waals surface area contributed by atoms with E-state index in [9.17, 15) is 0 Å². The highest BCUT2D eigenvalue weighted by Gasteiger charge is 2.09. The molecule has 15 heavy (non-hydrogen) atoms. The molecule has 0 amide bonds. The predicted octanol–water partition coefficient (Wildman–Crippen LogP) is 2.91. The molecule has 1 aromatic carbocycles. The molecule has 3 nitrogen and oxygen atoms in total. The fourth-order valence-corrected chi connectivity index (χ4v) is 2.06. The second-order valence-corrected chi connectivity index (χ2v) is 4.59. The molecule has 0 unspecified atom stereocenters. The topological polar surface area (TPSA) is 29.3 Å². The average Bonchev–Trinajstić information content (AvgIpc) is 2.70. The summed E-state index contributed by atoms with van der Waals surface area (Å²) in [5, 5.41) is 0. The quantitative estimate of drug-likeness (QED) is 0.744. The van der Waals surface area contributed by atoms with Crippen molar-refractivity contribution in [2.24, 2.45) is 0 Å². The Morgan fingerprint density at radius 3 is 2.73 bits per heavy atom. The summed E-state index contributed by atoms with van der Waals surface area (Å²) in [6, 6.07) is 8.07. The van der Waals surface area contributed by atoms with Crippen molar-refractivity contribution in [1.82, 2.24) is 9.29 Å². The highest BCUT2D eigenvalue weighted by Crippen LogP contribution is 2.30. The lowest BCUT2D eigenvalue weighted by Gasteiger charge is -2.10. The van der Waals surface area contributed by atoms with Crippen LogP contribution in [0.25, 0.3) is 11.5 Å². The third kappa shape index (κ3) is 2.40. The van der Waals surface area contributed by atoms with Gasteiger partial charge < -0.3 is 4.42 Å². The summed E-state index contributed by atoms with van der Waals surface area (Å²) in [4.78, 5) is 5.30. The van der Waals surface area contributed by atoms with Gasteiger partial charge in [0.2, 0.25) is 5.89 Å². The molecule has 0 bridgehead atoms. The molecule has 0 atom stereocenters. The van der Waals surface area contributed by atoms with Gasteiger partial charge in [0.25, 0.3) is 0 Å². The van der Waals surface area contributed by atoms with Gasteiger partial charge in [-0.3, -0.25) is 4.31 Å². The monoisotopic (exact) mass is 220 g/mol. The van der Waals surface area contributed by atoms with E-state index in [-0.39, 0.29) is 0 Å². The Morgan fingerprint density at radius 1 is 1.27 bits per heavy atom. The largest absolute Gasteiger partial charge is 0.444 e. The fraction of sp³-hybridized carbons (Fsp3) is 0.182. The molecule has 78 valence electrons. The van der Waals surface area contributed by atoms with Crippen LogP contribution in [-0.2, 0) is 0 Å². The summed E-state index contributed by atoms with van der Waals surface area (Å²) in [6.45, 7) is 0. The van der Waals surface area contributed by atoms with Gasteiger partial charge in [0.1, 0.15) is 6.26 Å². The molecule has 0 fully saturated rings. The highest BCUT2D eigenvalue weighted by atomic mass is 32.2. The molecule has 0 aliphatic heterocycles. The van der Waals surface area contributed by atoms with Gasteiger partial charge in [-0.25, -0.2) is 4.98 Å². The van der Waals surface area contributed by atoms with Crippen molar-refractivity contribution in [1.29, 1.82) is 0 Å². The summed E-state index contributed by atoms with van der Waals surface area (Å²) < 4.78 is 7.34. The van der Waals surface area contributed by atoms with E-state index in [2.05, 4.69) is 11.1 Å². The standard InChI is InChI=1S/C11H12N2OS/c1-13(2)15-10-6-4-3-5-9(10)11-12-7-8-14-11/h3-8H,1-2H3. The van der Waals surface area contributed by atoms with Gasteiger partial charge >= 0.3 is 0 Å². The smallest absolute Gasteiger partial charge is 0.227 e. The van der Waals surface area contributed by atoms with Crippen LogP contribution in [-0.4, -0.2) is 23.4 Å². The van der Waals surface area contributed by atoms with Crippen LogP contribution in [0.1, 0.15) is 0 Å². The Balaban J connectivity index is 2.38. The van der Waals surface area contributed by atoms with Crippen LogP contribution >= 0.6 is 11.9 Å². The summed E-state index contributed by atoms with van der Waals surface area (Å²) >= 11 is 1.66. The Labute approximate surface area is 93.3 Å². The zero-order valence-electron chi connectivity index (χ0n) is 8.68. The molecule has 0 aliphatic carbocycles. The van der Waals surface area contributed by atoms with Crippen LogP contribution in [0.4, 0.5) is 0 Å². The van der Waals surface area contributed by atoms with Crippen molar-refractivity contribution in [2.45, 2.75) is 4.90 Å². The van der Waals surface area contributed by atoms with Gasteiger partial charge in [-0.2, -0.15) is 0 Å². The molecular formula is C11H12N2OS. The Bertz CT molecular complexity index is 426. The minimum absolute atomic E-state index is 0.667. The molecular weight excluding hydrogens is 208 g/mol. The van der Waals surface area contributed by atoms with Crippen molar-refractivity contribution in [3.05, 3.63) is 36.7 Å². The normalized spacial score (nSPS) is 10.9. The maximum Gasteiger partial charge on any atom is 0.227 e. The summed E-state index contributed by atoms with van der Waals surface area (Å²) in [7, 11) is 4.02. The molecule has 0 N–H and O–H groups in total. The zero-order chi connectivity index (χ0) is 10.7. The molecule has 4 heteroatoms. The van der Waals surface area contributed by atoms with Crippen molar-refractivity contribution in [3.63, 3.8) is 0 Å². The number of aromatic nitrogens is 1. The first-order chi connectivity index (χ1) is 7.27. The predicted molar refractivity (Wildman–Crippen MR) is 61.5 cm³/mol. The van der Waals surface area contributed by atoms with Crippen LogP contribution in [0.5, 0.6) is 0 Å². The summed E-state index contributed by atoms with van der Waals surface area (Å²) in [5.41, 5.74) is 1.03. The first-order valence-corrected chi connectivity index (χ1v) is 5.39. The van der Waals surface area contributed by atoms with Gasteiger partial charge in [0.05, 0.1) is 11.8 Å². The Hall–Kier alpha value is -1.26. The Kier molecular flexibility index (Phi) is 3.08.